The summed E-state index contributed by atoms with van der Waals surface area (Å²) in [4.78, 5) is 11.4. The molecule has 184 valence electrons. The van der Waals surface area contributed by atoms with Crippen LogP contribution >= 0.6 is 0 Å². The molecule has 0 aliphatic rings. The Morgan fingerprint density at radius 1 is 0.771 bits per heavy atom. The van der Waals surface area contributed by atoms with E-state index in [0.29, 0.717) is 24.0 Å². The number of rotatable bonds is 7. The molecule has 0 unspecified atom stereocenters. The molecule has 0 N–H and O–H groups in total. The van der Waals surface area contributed by atoms with Crippen LogP contribution in [-0.2, 0) is 28.3 Å². The summed E-state index contributed by atoms with van der Waals surface area (Å²) in [6, 6.07) is 15.3. The van der Waals surface area contributed by atoms with Crippen LogP contribution in [0.15, 0.2) is 78.9 Å². The first-order chi connectivity index (χ1) is 16.3. The monoisotopic (exact) mass is 492 g/mol. The zero-order chi connectivity index (χ0) is 25.8. The molecule has 2 nitrogen and oxygen atoms in total. The summed E-state index contributed by atoms with van der Waals surface area (Å²) in [5.74, 6) is -0.441. The number of esters is 1. The third-order valence-corrected chi connectivity index (χ3v) is 5.26. The van der Waals surface area contributed by atoms with Gasteiger partial charge in [-0.2, -0.15) is 26.3 Å². The van der Waals surface area contributed by atoms with Crippen LogP contribution in [0.5, 0.6) is 0 Å². The zero-order valence-electron chi connectivity index (χ0n) is 18.8. The first-order valence-corrected chi connectivity index (χ1v) is 10.7. The van der Waals surface area contributed by atoms with Crippen LogP contribution in [0.3, 0.4) is 0 Å². The molecule has 3 rings (SSSR count). The predicted octanol–water partition coefficient (Wildman–Crippen LogP) is 8.11. The highest BCUT2D eigenvalue weighted by Gasteiger charge is 2.37. The summed E-state index contributed by atoms with van der Waals surface area (Å²) in [5, 5.41) is 0. The number of alkyl halides is 6. The van der Waals surface area contributed by atoms with Gasteiger partial charge in [0.15, 0.2) is 0 Å². The van der Waals surface area contributed by atoms with Crippen LogP contribution in [0, 0.1) is 0 Å². The summed E-state index contributed by atoms with van der Waals surface area (Å²) in [5.41, 5.74) is 0.0810. The van der Waals surface area contributed by atoms with Gasteiger partial charge >= 0.3 is 18.3 Å². The summed E-state index contributed by atoms with van der Waals surface area (Å²) in [6.07, 6.45) is -8.54. The Morgan fingerprint density at radius 3 is 1.83 bits per heavy atom. The van der Waals surface area contributed by atoms with Crippen LogP contribution in [-0.4, -0.2) is 12.6 Å². The van der Waals surface area contributed by atoms with Gasteiger partial charge in [-0.25, -0.2) is 4.79 Å². The maximum Gasteiger partial charge on any atom is 0.416 e. The summed E-state index contributed by atoms with van der Waals surface area (Å²) in [7, 11) is 0. The lowest BCUT2D eigenvalue weighted by atomic mass is 9.95. The molecule has 35 heavy (non-hydrogen) atoms. The van der Waals surface area contributed by atoms with Crippen molar-refractivity contribution in [2.45, 2.75) is 32.1 Å². The highest BCUT2D eigenvalue weighted by Crippen LogP contribution is 2.39. The second-order valence-electron chi connectivity index (χ2n) is 8.09. The maximum atomic E-state index is 13.2. The number of aryl methyl sites for hydroxylation is 1. The Hall–Kier alpha value is -3.55. The topological polar surface area (TPSA) is 26.3 Å². The van der Waals surface area contributed by atoms with Gasteiger partial charge in [-0.3, -0.25) is 0 Å². The summed E-state index contributed by atoms with van der Waals surface area (Å²) < 4.78 is 84.4. The van der Waals surface area contributed by atoms with E-state index in [2.05, 4.69) is 6.58 Å². The van der Waals surface area contributed by atoms with Gasteiger partial charge in [-0.15, -0.1) is 0 Å². The van der Waals surface area contributed by atoms with E-state index >= 15 is 0 Å². The SMILES string of the molecule is C=C(C)C(=O)OCCCc1ccc(-c2cccc(-c3cc(C(F)(F)F)cc(C(F)(F)F)c3)c2)cc1. The van der Waals surface area contributed by atoms with E-state index in [1.165, 1.54) is 6.07 Å². The Morgan fingerprint density at radius 2 is 1.31 bits per heavy atom. The molecule has 0 saturated heterocycles. The fourth-order valence-corrected chi connectivity index (χ4v) is 3.43. The van der Waals surface area contributed by atoms with Crippen molar-refractivity contribution >= 4 is 5.97 Å². The van der Waals surface area contributed by atoms with Crippen LogP contribution in [0.25, 0.3) is 22.3 Å². The fourth-order valence-electron chi connectivity index (χ4n) is 3.43. The van der Waals surface area contributed by atoms with E-state index in [4.69, 9.17) is 4.74 Å². The van der Waals surface area contributed by atoms with E-state index in [1.54, 1.807) is 25.1 Å². The standard InChI is InChI=1S/C27H22F6O2/c1-17(2)25(34)35-12-4-5-18-8-10-19(11-9-18)20-6-3-7-21(13-20)22-14-23(26(28,29)30)16-24(15-22)27(31,32)33/h3,6-11,13-16H,1,4-5,12H2,2H3. The highest BCUT2D eigenvalue weighted by molar-refractivity contribution is 5.86. The number of carbonyl (C=O) groups is 1. The van der Waals surface area contributed by atoms with Crippen LogP contribution in [0.2, 0.25) is 0 Å². The average Bonchev–Trinajstić information content (AvgIpc) is 2.80. The van der Waals surface area contributed by atoms with E-state index in [0.717, 1.165) is 23.3 Å². The minimum atomic E-state index is -4.91. The first-order valence-electron chi connectivity index (χ1n) is 10.7. The fraction of sp³-hybridized carbons (Fsp3) is 0.222. The highest BCUT2D eigenvalue weighted by atomic mass is 19.4. The van der Waals surface area contributed by atoms with Crippen molar-refractivity contribution in [3.05, 3.63) is 95.6 Å². The van der Waals surface area contributed by atoms with E-state index in [9.17, 15) is 31.1 Å². The third kappa shape index (κ3) is 6.97. The molecule has 0 atom stereocenters. The molecular formula is C27H22F6O2. The average molecular weight is 492 g/mol. The lowest BCUT2D eigenvalue weighted by molar-refractivity contribution is -0.143. The summed E-state index contributed by atoms with van der Waals surface area (Å²) in [6.45, 7) is 5.34. The Labute approximate surface area is 198 Å². The van der Waals surface area contributed by atoms with Gasteiger partial charge in [-0.1, -0.05) is 49.0 Å². The zero-order valence-corrected chi connectivity index (χ0v) is 18.8. The molecule has 8 heteroatoms. The second-order valence-corrected chi connectivity index (χ2v) is 8.09. The smallest absolute Gasteiger partial charge is 0.416 e. The van der Waals surface area contributed by atoms with Crippen LogP contribution in [0.4, 0.5) is 26.3 Å². The van der Waals surface area contributed by atoms with Crippen LogP contribution in [0.1, 0.15) is 30.0 Å². The Kier molecular flexibility index (Phi) is 7.73. The Balaban J connectivity index is 1.81. The number of benzene rings is 3. The quantitative estimate of drug-likeness (QED) is 0.144. The van der Waals surface area contributed by atoms with Gasteiger partial charge in [0.05, 0.1) is 17.7 Å². The number of halogens is 6. The minimum absolute atomic E-state index is 0.117. The van der Waals surface area contributed by atoms with Gasteiger partial charge in [0.1, 0.15) is 0 Å². The van der Waals surface area contributed by atoms with Crippen LogP contribution < -0.4 is 0 Å². The van der Waals surface area contributed by atoms with Gasteiger partial charge in [0.2, 0.25) is 0 Å². The largest absolute Gasteiger partial charge is 0.462 e. The molecule has 0 heterocycles. The van der Waals surface area contributed by atoms with E-state index in [-0.39, 0.29) is 23.8 Å². The lowest BCUT2D eigenvalue weighted by Gasteiger charge is -2.15. The molecule has 0 saturated carbocycles. The molecule has 0 bridgehead atoms. The number of hydrogen-bond donors (Lipinski definition) is 0. The summed E-state index contributed by atoms with van der Waals surface area (Å²) >= 11 is 0. The van der Waals surface area contributed by atoms with Gasteiger partial charge < -0.3 is 4.74 Å². The number of carbonyl (C=O) groups excluding carboxylic acids is 1. The van der Waals surface area contributed by atoms with Crippen molar-refractivity contribution in [3.8, 4) is 22.3 Å². The minimum Gasteiger partial charge on any atom is -0.462 e. The van der Waals surface area contributed by atoms with Crippen molar-refractivity contribution in [1.29, 1.82) is 0 Å². The van der Waals surface area contributed by atoms with Gasteiger partial charge in [-0.05, 0) is 71.8 Å². The molecule has 0 aliphatic heterocycles. The molecule has 0 aliphatic carbocycles. The molecule has 3 aromatic carbocycles. The van der Waals surface area contributed by atoms with Crippen molar-refractivity contribution in [3.63, 3.8) is 0 Å². The number of ether oxygens (including phenoxy) is 1. The molecule has 0 aromatic heterocycles. The molecule has 0 fully saturated rings. The molecule has 3 aromatic rings. The first kappa shape index (κ1) is 26.1. The number of hydrogen-bond acceptors (Lipinski definition) is 2. The normalized spacial score (nSPS) is 11.9. The van der Waals surface area contributed by atoms with E-state index in [1.807, 2.05) is 24.3 Å². The maximum absolute atomic E-state index is 13.2. The van der Waals surface area contributed by atoms with Crippen molar-refractivity contribution in [2.24, 2.45) is 0 Å². The third-order valence-electron chi connectivity index (χ3n) is 5.26. The predicted molar refractivity (Wildman–Crippen MR) is 121 cm³/mol. The molecule has 0 amide bonds. The molecule has 0 radical (unpaired) electrons. The van der Waals surface area contributed by atoms with Crippen molar-refractivity contribution < 1.29 is 35.9 Å². The van der Waals surface area contributed by atoms with Gasteiger partial charge in [0, 0.05) is 5.57 Å². The van der Waals surface area contributed by atoms with Gasteiger partial charge in [0.25, 0.3) is 0 Å². The molecule has 0 spiro atoms. The second kappa shape index (κ2) is 10.4. The van der Waals surface area contributed by atoms with E-state index < -0.39 is 29.4 Å². The van der Waals surface area contributed by atoms with Crippen molar-refractivity contribution in [2.75, 3.05) is 6.61 Å². The lowest BCUT2D eigenvalue weighted by Crippen LogP contribution is -2.11. The Bertz CT molecular complexity index is 1180. The van der Waals surface area contributed by atoms with Crippen molar-refractivity contribution in [1.82, 2.24) is 0 Å². The molecular weight excluding hydrogens is 470 g/mol.